The van der Waals surface area contributed by atoms with Gasteiger partial charge >= 0.3 is 5.97 Å². The number of esters is 1. The third kappa shape index (κ3) is 4.98. The van der Waals surface area contributed by atoms with Gasteiger partial charge in [0, 0.05) is 11.3 Å². The number of hydrogen-bond acceptors (Lipinski definition) is 6. The second-order valence-electron chi connectivity index (χ2n) is 6.18. The van der Waals surface area contributed by atoms with Gasteiger partial charge in [-0.15, -0.1) is 0 Å². The van der Waals surface area contributed by atoms with Crippen LogP contribution in [0.2, 0.25) is 0 Å². The van der Waals surface area contributed by atoms with Crippen LogP contribution in [0.25, 0.3) is 0 Å². The molecule has 0 amide bonds. The number of guanidine groups is 1. The van der Waals surface area contributed by atoms with Crippen molar-refractivity contribution < 1.29 is 14.3 Å². The van der Waals surface area contributed by atoms with E-state index in [0.717, 1.165) is 5.56 Å². The van der Waals surface area contributed by atoms with E-state index in [9.17, 15) is 4.79 Å². The van der Waals surface area contributed by atoms with Crippen LogP contribution >= 0.6 is 0 Å². The Kier molecular flexibility index (Phi) is 7.08. The van der Waals surface area contributed by atoms with Crippen molar-refractivity contribution in [1.82, 2.24) is 10.3 Å². The lowest BCUT2D eigenvalue weighted by atomic mass is 10.1. The quantitative estimate of drug-likeness (QED) is 0.251. The maximum atomic E-state index is 12.2. The van der Waals surface area contributed by atoms with Crippen LogP contribution in [0.5, 0.6) is 0 Å². The van der Waals surface area contributed by atoms with Crippen molar-refractivity contribution in [3.05, 3.63) is 65.7 Å². The van der Waals surface area contributed by atoms with Crippen LogP contribution in [0.1, 0.15) is 31.9 Å². The molecule has 0 spiro atoms. The molecule has 0 radical (unpaired) electrons. The zero-order valence-corrected chi connectivity index (χ0v) is 17.1. The van der Waals surface area contributed by atoms with Gasteiger partial charge in [-0.2, -0.15) is 5.10 Å². The van der Waals surface area contributed by atoms with Gasteiger partial charge in [0.15, 0.2) is 0 Å². The van der Waals surface area contributed by atoms with Crippen molar-refractivity contribution >= 4 is 29.7 Å². The van der Waals surface area contributed by atoms with Crippen LogP contribution in [0.3, 0.4) is 0 Å². The number of benzene rings is 1. The summed E-state index contributed by atoms with van der Waals surface area (Å²) in [6, 6.07) is 5.34. The molecule has 0 aromatic heterocycles. The van der Waals surface area contributed by atoms with Gasteiger partial charge in [0.1, 0.15) is 0 Å². The highest BCUT2D eigenvalue weighted by Crippen LogP contribution is 2.24. The van der Waals surface area contributed by atoms with Crippen molar-refractivity contribution in [2.24, 2.45) is 10.1 Å². The maximum Gasteiger partial charge on any atom is 0.335 e. The molecular weight excluding hydrogens is 370 g/mol. The average Bonchev–Trinajstić information content (AvgIpc) is 2.69. The van der Waals surface area contributed by atoms with Crippen LogP contribution in [0.4, 0.5) is 5.69 Å². The average molecular weight is 395 g/mol. The molecule has 0 unspecified atom stereocenters. The number of hydrogen-bond donors (Lipinski definition) is 2. The lowest BCUT2D eigenvalue weighted by Crippen LogP contribution is -2.41. The summed E-state index contributed by atoms with van der Waals surface area (Å²) in [6.45, 7) is 14.9. The minimum absolute atomic E-state index is 0.0356. The fourth-order valence-corrected chi connectivity index (χ4v) is 2.55. The number of rotatable bonds is 6. The fourth-order valence-electron chi connectivity index (χ4n) is 2.55. The molecule has 0 atom stereocenters. The second-order valence-corrected chi connectivity index (χ2v) is 6.18. The number of nitrogens with one attached hydrogen (secondary N) is 2. The molecule has 8 nitrogen and oxygen atoms in total. The molecule has 2 N–H and O–H groups in total. The Hall–Kier alpha value is -3.68. The zero-order chi connectivity index (χ0) is 21.6. The molecule has 0 saturated carbocycles. The summed E-state index contributed by atoms with van der Waals surface area (Å²) < 4.78 is 10.1. The van der Waals surface area contributed by atoms with Crippen molar-refractivity contribution in [3.63, 3.8) is 0 Å². The predicted molar refractivity (Wildman–Crippen MR) is 114 cm³/mol. The van der Waals surface area contributed by atoms with E-state index >= 15 is 0 Å². The van der Waals surface area contributed by atoms with Gasteiger partial charge < -0.3 is 9.47 Å². The number of allylic oxidation sites excluding steroid dienone is 2. The summed E-state index contributed by atoms with van der Waals surface area (Å²) in [5.41, 5.74) is 6.49. The van der Waals surface area contributed by atoms with E-state index in [2.05, 4.69) is 28.7 Å². The molecule has 1 aliphatic heterocycles. The molecule has 1 aromatic carbocycles. The van der Waals surface area contributed by atoms with Crippen LogP contribution in [0.15, 0.2) is 64.7 Å². The van der Waals surface area contributed by atoms with E-state index < -0.39 is 5.97 Å². The third-order valence-electron chi connectivity index (χ3n) is 4.24. The molecule has 1 aliphatic rings. The van der Waals surface area contributed by atoms with E-state index in [-0.39, 0.29) is 12.5 Å². The Balaban J connectivity index is 2.51. The van der Waals surface area contributed by atoms with Crippen LogP contribution < -0.4 is 5.43 Å². The molecule has 2 rings (SSSR count). The molecule has 0 bridgehead atoms. The highest BCUT2D eigenvalue weighted by Gasteiger charge is 2.23. The number of hydrazone groups is 1. The number of aryl methyl sites for hydroxylation is 1. The first-order valence-corrected chi connectivity index (χ1v) is 8.98. The molecule has 1 aromatic rings. The number of aliphatic imine (C=N–C) groups is 1. The minimum atomic E-state index is -0.409. The number of nitrogens with zero attached hydrogens (tertiary/aromatic N) is 3. The first-order valence-electron chi connectivity index (χ1n) is 8.98. The van der Waals surface area contributed by atoms with E-state index in [1.807, 2.05) is 13.0 Å². The van der Waals surface area contributed by atoms with Gasteiger partial charge in [-0.3, -0.25) is 10.3 Å². The molecule has 29 heavy (non-hydrogen) atoms. The van der Waals surface area contributed by atoms with E-state index in [1.165, 1.54) is 12.5 Å². The first-order chi connectivity index (χ1) is 13.8. The van der Waals surface area contributed by atoms with Crippen molar-refractivity contribution in [1.29, 1.82) is 5.41 Å². The lowest BCUT2D eigenvalue weighted by molar-refractivity contribution is -0.138. The SMILES string of the molecule is C=COC(=N)c1ccc(C)c(N=C2NN=CC(=C)N2/C(C)=C(\C)C(=O)OCC)c1. The maximum absolute atomic E-state index is 12.2. The summed E-state index contributed by atoms with van der Waals surface area (Å²) in [6.07, 6.45) is 2.74. The fraction of sp³-hybridized carbons (Fsp3) is 0.238. The summed E-state index contributed by atoms with van der Waals surface area (Å²) >= 11 is 0. The molecule has 152 valence electrons. The predicted octanol–water partition coefficient (Wildman–Crippen LogP) is 3.73. The normalized spacial score (nSPS) is 15.5. The summed E-state index contributed by atoms with van der Waals surface area (Å²) in [5, 5.41) is 12.0. The summed E-state index contributed by atoms with van der Waals surface area (Å²) in [5.74, 6) is -0.0745. The van der Waals surface area contributed by atoms with Crippen molar-refractivity contribution in [2.75, 3.05) is 6.61 Å². The Morgan fingerprint density at radius 3 is 2.79 bits per heavy atom. The second kappa shape index (κ2) is 9.50. The largest absolute Gasteiger partial charge is 0.463 e. The van der Waals surface area contributed by atoms with E-state index in [0.29, 0.717) is 34.2 Å². The van der Waals surface area contributed by atoms with E-state index in [4.69, 9.17) is 14.9 Å². The Morgan fingerprint density at radius 1 is 1.41 bits per heavy atom. The van der Waals surface area contributed by atoms with E-state index in [1.54, 1.807) is 37.8 Å². The monoisotopic (exact) mass is 395 g/mol. The van der Waals surface area contributed by atoms with Crippen LogP contribution in [-0.4, -0.2) is 35.5 Å². The van der Waals surface area contributed by atoms with Crippen LogP contribution in [-0.2, 0) is 14.3 Å². The van der Waals surface area contributed by atoms with Gasteiger partial charge in [0.2, 0.25) is 11.9 Å². The molecular formula is C21H25N5O3. The Labute approximate surface area is 170 Å². The van der Waals surface area contributed by atoms with Crippen molar-refractivity contribution in [3.8, 4) is 0 Å². The minimum Gasteiger partial charge on any atom is -0.463 e. The number of carbonyl (C=O) groups excluding carboxylic acids is 1. The summed E-state index contributed by atoms with van der Waals surface area (Å²) in [4.78, 5) is 18.5. The van der Waals surface area contributed by atoms with Crippen molar-refractivity contribution in [2.45, 2.75) is 27.7 Å². The topological polar surface area (TPSA) is 99.4 Å². The third-order valence-corrected chi connectivity index (χ3v) is 4.24. The molecule has 8 heteroatoms. The lowest BCUT2D eigenvalue weighted by Gasteiger charge is -2.30. The molecule has 1 heterocycles. The zero-order valence-electron chi connectivity index (χ0n) is 17.1. The van der Waals surface area contributed by atoms with Gasteiger partial charge in [-0.25, -0.2) is 15.2 Å². The highest BCUT2D eigenvalue weighted by atomic mass is 16.5. The molecule has 0 aliphatic carbocycles. The number of carbonyl (C=O) groups is 1. The van der Waals surface area contributed by atoms with Gasteiger partial charge in [-0.1, -0.05) is 19.2 Å². The van der Waals surface area contributed by atoms with Gasteiger partial charge in [-0.05, 0) is 45.4 Å². The molecule has 0 saturated heterocycles. The van der Waals surface area contributed by atoms with Crippen LogP contribution in [0, 0.1) is 12.3 Å². The number of ether oxygens (including phenoxy) is 2. The standard InChI is InChI=1S/C21H25N5O3/c1-7-28-19(22)17-10-9-13(3)18(11-17)24-21-25-23-12-14(4)26(21)16(6)15(5)20(27)29-8-2/h7,9-12,22H,1,4,8H2,2-3,5-6H3,(H,24,25)/b16-15+,22-19?. The Morgan fingerprint density at radius 2 is 2.14 bits per heavy atom. The van der Waals surface area contributed by atoms with Gasteiger partial charge in [0.25, 0.3) is 0 Å². The molecule has 0 fully saturated rings. The smallest absolute Gasteiger partial charge is 0.335 e. The first kappa shape index (κ1) is 21.6. The highest BCUT2D eigenvalue weighted by molar-refractivity contribution is 5.98. The Bertz CT molecular complexity index is 944. The van der Waals surface area contributed by atoms with Gasteiger partial charge in [0.05, 0.1) is 36.0 Å². The summed E-state index contributed by atoms with van der Waals surface area (Å²) in [7, 11) is 0.